The highest BCUT2D eigenvalue weighted by Gasteiger charge is 1.95. The second-order valence-electron chi connectivity index (χ2n) is 1.80. The molecule has 0 N–H and O–H groups in total. The van der Waals surface area contributed by atoms with Gasteiger partial charge in [-0.05, 0) is 0 Å². The van der Waals surface area contributed by atoms with Crippen molar-refractivity contribution in [2.45, 2.75) is 0 Å². The van der Waals surface area contributed by atoms with Crippen LogP contribution in [0.3, 0.4) is 0 Å². The van der Waals surface area contributed by atoms with Gasteiger partial charge in [0.25, 0.3) is 0 Å². The zero-order valence-electron chi connectivity index (χ0n) is 6.09. The molecule has 4 heteroatoms. The molecule has 0 rings (SSSR count). The molecule has 0 amide bonds. The molecule has 0 bridgehead atoms. The average Bonchev–Trinajstić information content (AvgIpc) is 1.89. The molecular weight excluding hydrogens is 148 g/mol. The smallest absolute Gasteiger partial charge is 0.176 e. The molecule has 2 nitrogen and oxygen atoms in total. The first-order valence-electron chi connectivity index (χ1n) is 3.04. The minimum absolute atomic E-state index is 0.708. The summed E-state index contributed by atoms with van der Waals surface area (Å²) in [7, 11) is 1.94. The van der Waals surface area contributed by atoms with E-state index in [1.807, 2.05) is 5.70 Å². The molecule has 0 aliphatic rings. The van der Waals surface area contributed by atoms with E-state index in [4.69, 9.17) is 9.16 Å². The molecule has 0 aliphatic carbocycles. The predicted octanol–water partition coefficient (Wildman–Crippen LogP) is -1.04. The van der Waals surface area contributed by atoms with Gasteiger partial charge in [-0.25, -0.2) is 0 Å². The lowest BCUT2D eigenvalue weighted by Crippen LogP contribution is -2.18. The molecular formula is C5H14O2Si2. The highest BCUT2D eigenvalue weighted by atomic mass is 29.2. The number of rotatable bonds is 5. The molecule has 0 aromatic rings. The molecule has 1 unspecified atom stereocenters. The topological polar surface area (TPSA) is 18.5 Å². The fourth-order valence-corrected chi connectivity index (χ4v) is 1.70. The van der Waals surface area contributed by atoms with Crippen molar-refractivity contribution in [3.63, 3.8) is 0 Å². The third-order valence-electron chi connectivity index (χ3n) is 1.00. The van der Waals surface area contributed by atoms with E-state index in [0.717, 1.165) is 16.4 Å². The Labute approximate surface area is 60.8 Å². The van der Waals surface area contributed by atoms with Gasteiger partial charge in [0.2, 0.25) is 0 Å². The van der Waals surface area contributed by atoms with E-state index in [0.29, 0.717) is 6.61 Å². The first-order chi connectivity index (χ1) is 4.31. The Balaban J connectivity index is 2.96. The second kappa shape index (κ2) is 6.22. The Morgan fingerprint density at radius 2 is 2.33 bits per heavy atom. The van der Waals surface area contributed by atoms with Crippen LogP contribution in [0.1, 0.15) is 0 Å². The van der Waals surface area contributed by atoms with Gasteiger partial charge in [0, 0.05) is 16.9 Å². The van der Waals surface area contributed by atoms with Gasteiger partial charge < -0.3 is 9.16 Å². The van der Waals surface area contributed by atoms with Gasteiger partial charge in [0.1, 0.15) is 0 Å². The summed E-state index contributed by atoms with van der Waals surface area (Å²) < 4.78 is 10.2. The number of methoxy groups -OCH3 is 1. The molecule has 0 fully saturated rings. The molecule has 0 aromatic heterocycles. The van der Waals surface area contributed by atoms with Gasteiger partial charge in [-0.15, -0.1) is 6.58 Å². The van der Waals surface area contributed by atoms with Crippen LogP contribution in [0.5, 0.6) is 0 Å². The van der Waals surface area contributed by atoms with E-state index in [1.54, 1.807) is 7.11 Å². The van der Waals surface area contributed by atoms with Crippen LogP contribution >= 0.6 is 0 Å². The highest BCUT2D eigenvalue weighted by Crippen LogP contribution is 1.80. The summed E-state index contributed by atoms with van der Waals surface area (Å²) in [6.07, 6.45) is 0. The summed E-state index contributed by atoms with van der Waals surface area (Å²) >= 11 is 0. The summed E-state index contributed by atoms with van der Waals surface area (Å²) in [5.41, 5.74) is 1.96. The first-order valence-corrected chi connectivity index (χ1v) is 8.80. The summed E-state index contributed by atoms with van der Waals surface area (Å²) in [4.78, 5) is 0. The Morgan fingerprint density at radius 3 is 2.78 bits per heavy atom. The van der Waals surface area contributed by atoms with Crippen LogP contribution in [0, 0.1) is 0 Å². The normalized spacial score (nSPS) is 13.4. The molecule has 0 saturated heterocycles. The minimum Gasteiger partial charge on any atom is -0.417 e. The standard InChI is InChI=1S/C5H14O2Si2/c1-3-9(8)7-5-4-6-2/h3,9H,1,4-5H2,2,8H3. The van der Waals surface area contributed by atoms with Crippen molar-refractivity contribution < 1.29 is 9.16 Å². The van der Waals surface area contributed by atoms with Crippen molar-refractivity contribution in [3.05, 3.63) is 12.3 Å². The van der Waals surface area contributed by atoms with Crippen LogP contribution in [-0.4, -0.2) is 38.6 Å². The molecule has 0 aliphatic heterocycles. The van der Waals surface area contributed by atoms with Crippen LogP contribution in [0.15, 0.2) is 12.3 Å². The van der Waals surface area contributed by atoms with Gasteiger partial charge in [-0.3, -0.25) is 0 Å². The molecule has 0 aromatic carbocycles. The Kier molecular flexibility index (Phi) is 6.28. The zero-order chi connectivity index (χ0) is 7.11. The van der Waals surface area contributed by atoms with Crippen molar-refractivity contribution in [1.82, 2.24) is 0 Å². The summed E-state index contributed by atoms with van der Waals surface area (Å²) in [6.45, 7) is 5.12. The van der Waals surface area contributed by atoms with E-state index >= 15 is 0 Å². The minimum atomic E-state index is -0.890. The molecule has 0 heterocycles. The van der Waals surface area contributed by atoms with E-state index in [2.05, 4.69) is 6.58 Å². The molecule has 0 saturated carbocycles. The van der Waals surface area contributed by atoms with Crippen LogP contribution in [0.4, 0.5) is 0 Å². The maximum absolute atomic E-state index is 5.39. The van der Waals surface area contributed by atoms with E-state index < -0.39 is 8.56 Å². The summed E-state index contributed by atoms with van der Waals surface area (Å²) in [6, 6.07) is 0. The Bertz CT molecular complexity index is 77.4. The summed E-state index contributed by atoms with van der Waals surface area (Å²) in [5.74, 6) is 0. The van der Waals surface area contributed by atoms with Gasteiger partial charge in [0.15, 0.2) is 8.56 Å². The maximum Gasteiger partial charge on any atom is 0.176 e. The highest BCUT2D eigenvalue weighted by molar-refractivity contribution is 7.02. The van der Waals surface area contributed by atoms with E-state index in [1.165, 1.54) is 0 Å². The quantitative estimate of drug-likeness (QED) is 0.380. The van der Waals surface area contributed by atoms with Gasteiger partial charge in [0.05, 0.1) is 13.2 Å². The van der Waals surface area contributed by atoms with Crippen molar-refractivity contribution >= 4 is 18.3 Å². The van der Waals surface area contributed by atoms with Crippen molar-refractivity contribution in [3.8, 4) is 0 Å². The molecule has 0 radical (unpaired) electrons. The third kappa shape index (κ3) is 5.97. The lowest BCUT2D eigenvalue weighted by atomic mass is 10.8. The molecule has 54 valence electrons. The first kappa shape index (κ1) is 9.09. The third-order valence-corrected chi connectivity index (χ3v) is 4.84. The van der Waals surface area contributed by atoms with Crippen molar-refractivity contribution in [2.75, 3.05) is 20.3 Å². The Morgan fingerprint density at radius 1 is 1.67 bits per heavy atom. The van der Waals surface area contributed by atoms with Gasteiger partial charge >= 0.3 is 0 Å². The zero-order valence-corrected chi connectivity index (χ0v) is 9.25. The predicted molar refractivity (Wildman–Crippen MR) is 45.1 cm³/mol. The van der Waals surface area contributed by atoms with Gasteiger partial charge in [-0.2, -0.15) is 0 Å². The van der Waals surface area contributed by atoms with Crippen molar-refractivity contribution in [1.29, 1.82) is 0 Å². The largest absolute Gasteiger partial charge is 0.417 e. The second-order valence-corrected chi connectivity index (χ2v) is 7.43. The number of ether oxygens (including phenoxy) is 1. The van der Waals surface area contributed by atoms with Gasteiger partial charge in [-0.1, -0.05) is 5.70 Å². The van der Waals surface area contributed by atoms with Crippen molar-refractivity contribution in [2.24, 2.45) is 0 Å². The molecule has 9 heavy (non-hydrogen) atoms. The lowest BCUT2D eigenvalue weighted by Gasteiger charge is -2.04. The van der Waals surface area contributed by atoms with Crippen LogP contribution < -0.4 is 0 Å². The SMILES string of the molecule is C=C[SiH]([SiH3])OCCOC. The van der Waals surface area contributed by atoms with E-state index in [-0.39, 0.29) is 0 Å². The Hall–Kier alpha value is 0.0938. The number of hydrogen-bond donors (Lipinski definition) is 0. The molecule has 0 spiro atoms. The summed E-state index contributed by atoms with van der Waals surface area (Å²) in [5, 5.41) is 0. The fraction of sp³-hybridized carbons (Fsp3) is 0.600. The van der Waals surface area contributed by atoms with Crippen LogP contribution in [0.25, 0.3) is 0 Å². The van der Waals surface area contributed by atoms with Crippen LogP contribution in [-0.2, 0) is 9.16 Å². The number of hydrogen-bond acceptors (Lipinski definition) is 2. The van der Waals surface area contributed by atoms with E-state index in [9.17, 15) is 0 Å². The monoisotopic (exact) mass is 162 g/mol. The molecule has 1 atom stereocenters. The average molecular weight is 162 g/mol. The maximum atomic E-state index is 5.39. The van der Waals surface area contributed by atoms with Crippen LogP contribution in [0.2, 0.25) is 0 Å². The fourth-order valence-electron chi connectivity index (χ4n) is 0.385. The lowest BCUT2D eigenvalue weighted by molar-refractivity contribution is 0.149.